The van der Waals surface area contributed by atoms with Crippen LogP contribution in [0.15, 0.2) is 48.5 Å². The van der Waals surface area contributed by atoms with Crippen molar-refractivity contribution in [3.8, 4) is 5.75 Å². The Bertz CT molecular complexity index is 985. The zero-order valence-corrected chi connectivity index (χ0v) is 18.9. The number of ether oxygens (including phenoxy) is 1. The molecular weight excluding hydrogens is 435 g/mol. The fourth-order valence-corrected chi connectivity index (χ4v) is 3.66. The van der Waals surface area contributed by atoms with Crippen molar-refractivity contribution >= 4 is 23.3 Å². The summed E-state index contributed by atoms with van der Waals surface area (Å²) in [6, 6.07) is 12.4. The highest BCUT2D eigenvalue weighted by molar-refractivity contribution is 6.00. The average molecular weight is 464 g/mol. The Morgan fingerprint density at radius 1 is 1.03 bits per heavy atom. The molecular formula is C24H28F3N3O3. The van der Waals surface area contributed by atoms with E-state index < -0.39 is 6.36 Å². The van der Waals surface area contributed by atoms with Crippen LogP contribution in [0.25, 0.3) is 0 Å². The number of nitrogens with one attached hydrogen (secondary N) is 1. The average Bonchev–Trinajstić information content (AvgIpc) is 2.69. The van der Waals surface area contributed by atoms with Crippen LogP contribution >= 0.6 is 0 Å². The molecule has 0 unspecified atom stereocenters. The predicted octanol–water partition coefficient (Wildman–Crippen LogP) is 5.79. The highest BCUT2D eigenvalue weighted by atomic mass is 19.4. The van der Waals surface area contributed by atoms with E-state index in [9.17, 15) is 22.8 Å². The maximum atomic E-state index is 13.2. The minimum atomic E-state index is -4.75. The molecule has 2 aromatic carbocycles. The normalized spacial score (nSPS) is 14.9. The Morgan fingerprint density at radius 3 is 2.33 bits per heavy atom. The van der Waals surface area contributed by atoms with Crippen LogP contribution in [0.5, 0.6) is 5.75 Å². The molecule has 9 heteroatoms. The molecule has 3 rings (SSSR count). The first-order valence-corrected chi connectivity index (χ1v) is 10.7. The van der Waals surface area contributed by atoms with Gasteiger partial charge in [-0.1, -0.05) is 45.0 Å². The number of hydrogen-bond acceptors (Lipinski definition) is 3. The van der Waals surface area contributed by atoms with Crippen molar-refractivity contribution in [2.75, 3.05) is 23.3 Å². The smallest absolute Gasteiger partial charge is 0.406 e. The number of amides is 3. The molecule has 0 radical (unpaired) electrons. The van der Waals surface area contributed by atoms with Gasteiger partial charge in [0.1, 0.15) is 5.75 Å². The van der Waals surface area contributed by atoms with Crippen LogP contribution in [0, 0.1) is 5.41 Å². The molecule has 33 heavy (non-hydrogen) atoms. The van der Waals surface area contributed by atoms with Crippen LogP contribution < -0.4 is 15.0 Å². The monoisotopic (exact) mass is 463 g/mol. The summed E-state index contributed by atoms with van der Waals surface area (Å²) in [4.78, 5) is 28.9. The topological polar surface area (TPSA) is 61.9 Å². The molecule has 1 aliphatic rings. The summed E-state index contributed by atoms with van der Waals surface area (Å²) < 4.78 is 41.0. The summed E-state index contributed by atoms with van der Waals surface area (Å²) >= 11 is 0. The third kappa shape index (κ3) is 7.13. The van der Waals surface area contributed by atoms with Crippen molar-refractivity contribution < 1.29 is 27.5 Å². The molecule has 1 aliphatic heterocycles. The summed E-state index contributed by atoms with van der Waals surface area (Å²) in [6.45, 7) is 7.21. The van der Waals surface area contributed by atoms with E-state index in [1.54, 1.807) is 34.1 Å². The van der Waals surface area contributed by atoms with Gasteiger partial charge in [-0.3, -0.25) is 9.69 Å². The third-order valence-electron chi connectivity index (χ3n) is 5.00. The van der Waals surface area contributed by atoms with Crippen LogP contribution in [-0.2, 0) is 11.3 Å². The predicted molar refractivity (Wildman–Crippen MR) is 120 cm³/mol. The molecule has 0 spiro atoms. The molecule has 0 aliphatic carbocycles. The van der Waals surface area contributed by atoms with E-state index in [4.69, 9.17) is 0 Å². The lowest BCUT2D eigenvalue weighted by atomic mass is 9.92. The summed E-state index contributed by atoms with van der Waals surface area (Å²) in [5, 5.41) is 2.92. The molecule has 1 heterocycles. The van der Waals surface area contributed by atoms with E-state index in [-0.39, 0.29) is 29.6 Å². The van der Waals surface area contributed by atoms with E-state index in [0.29, 0.717) is 42.9 Å². The molecule has 0 saturated carbocycles. The van der Waals surface area contributed by atoms with Gasteiger partial charge in [0.2, 0.25) is 5.91 Å². The Balaban J connectivity index is 1.71. The van der Waals surface area contributed by atoms with E-state index in [1.165, 1.54) is 24.3 Å². The van der Waals surface area contributed by atoms with E-state index >= 15 is 0 Å². The van der Waals surface area contributed by atoms with Crippen LogP contribution in [-0.4, -0.2) is 36.3 Å². The Labute approximate surface area is 191 Å². The number of carbonyl (C=O) groups is 2. The standard InChI is InChI=1S/C24H28F3N3O3/c1-23(2,3)15-21(31)28-19-7-4-5-8-20(19)30-14-6-13-29(22(30)32)16-17-9-11-18(12-10-17)33-24(25,26)27/h4-5,7-12H,6,13-16H2,1-3H3,(H,28,31). The van der Waals surface area contributed by atoms with Gasteiger partial charge in [-0.2, -0.15) is 0 Å². The van der Waals surface area contributed by atoms with Gasteiger partial charge in [0.25, 0.3) is 0 Å². The summed E-state index contributed by atoms with van der Waals surface area (Å²) in [7, 11) is 0. The molecule has 0 bridgehead atoms. The van der Waals surface area contributed by atoms with Crippen molar-refractivity contribution in [1.29, 1.82) is 0 Å². The lowest BCUT2D eigenvalue weighted by molar-refractivity contribution is -0.274. The van der Waals surface area contributed by atoms with Crippen molar-refractivity contribution in [3.63, 3.8) is 0 Å². The Morgan fingerprint density at radius 2 is 1.70 bits per heavy atom. The molecule has 1 fully saturated rings. The summed E-state index contributed by atoms with van der Waals surface area (Å²) in [5.41, 5.74) is 1.70. The maximum absolute atomic E-state index is 13.2. The molecule has 1 saturated heterocycles. The minimum absolute atomic E-state index is 0.127. The lowest BCUT2D eigenvalue weighted by Crippen LogP contribution is -2.49. The quantitative estimate of drug-likeness (QED) is 0.590. The zero-order valence-electron chi connectivity index (χ0n) is 18.9. The fraction of sp³-hybridized carbons (Fsp3) is 0.417. The van der Waals surface area contributed by atoms with Gasteiger partial charge in [-0.15, -0.1) is 13.2 Å². The third-order valence-corrected chi connectivity index (χ3v) is 5.00. The number of para-hydroxylation sites is 2. The zero-order chi connectivity index (χ0) is 24.2. The summed E-state index contributed by atoms with van der Waals surface area (Å²) in [5.74, 6) is -0.435. The van der Waals surface area contributed by atoms with Gasteiger partial charge in [-0.05, 0) is 41.7 Å². The molecule has 3 amide bonds. The number of nitrogens with zero attached hydrogens (tertiary/aromatic N) is 2. The second-order valence-electron chi connectivity index (χ2n) is 9.20. The Hall–Kier alpha value is -3.23. The van der Waals surface area contributed by atoms with Crippen molar-refractivity contribution in [1.82, 2.24) is 4.90 Å². The van der Waals surface area contributed by atoms with Crippen molar-refractivity contribution in [2.24, 2.45) is 5.41 Å². The number of benzene rings is 2. The second kappa shape index (κ2) is 9.72. The largest absolute Gasteiger partial charge is 0.573 e. The highest BCUT2D eigenvalue weighted by Gasteiger charge is 2.31. The van der Waals surface area contributed by atoms with Crippen LogP contribution in [0.1, 0.15) is 39.2 Å². The molecule has 0 aromatic heterocycles. The number of urea groups is 1. The minimum Gasteiger partial charge on any atom is -0.406 e. The first-order valence-electron chi connectivity index (χ1n) is 10.7. The van der Waals surface area contributed by atoms with Gasteiger partial charge in [0, 0.05) is 26.1 Å². The lowest BCUT2D eigenvalue weighted by Gasteiger charge is -2.36. The highest BCUT2D eigenvalue weighted by Crippen LogP contribution is 2.30. The number of anilines is 2. The van der Waals surface area contributed by atoms with Gasteiger partial charge >= 0.3 is 12.4 Å². The first-order chi connectivity index (χ1) is 15.4. The van der Waals surface area contributed by atoms with Crippen LogP contribution in [0.4, 0.5) is 29.3 Å². The molecule has 178 valence electrons. The van der Waals surface area contributed by atoms with Gasteiger partial charge in [0.05, 0.1) is 11.4 Å². The van der Waals surface area contributed by atoms with Gasteiger partial charge < -0.3 is 15.0 Å². The van der Waals surface area contributed by atoms with Crippen LogP contribution in [0.3, 0.4) is 0 Å². The van der Waals surface area contributed by atoms with Crippen molar-refractivity contribution in [2.45, 2.75) is 46.5 Å². The SMILES string of the molecule is CC(C)(C)CC(=O)Nc1ccccc1N1CCCN(Cc2ccc(OC(F)(F)F)cc2)C1=O. The molecule has 6 nitrogen and oxygen atoms in total. The number of carbonyl (C=O) groups excluding carboxylic acids is 2. The molecule has 2 aromatic rings. The molecule has 1 N–H and O–H groups in total. The van der Waals surface area contributed by atoms with E-state index in [2.05, 4.69) is 10.1 Å². The molecule has 0 atom stereocenters. The number of hydrogen-bond donors (Lipinski definition) is 1. The first kappa shape index (κ1) is 24.4. The number of alkyl halides is 3. The fourth-order valence-electron chi connectivity index (χ4n) is 3.66. The number of halogens is 3. The van der Waals surface area contributed by atoms with E-state index in [1.807, 2.05) is 20.8 Å². The van der Waals surface area contributed by atoms with E-state index in [0.717, 1.165) is 0 Å². The van der Waals surface area contributed by atoms with Crippen molar-refractivity contribution in [3.05, 3.63) is 54.1 Å². The Kier molecular flexibility index (Phi) is 7.19. The maximum Gasteiger partial charge on any atom is 0.573 e. The van der Waals surface area contributed by atoms with Crippen LogP contribution in [0.2, 0.25) is 0 Å². The number of rotatable bonds is 6. The summed E-state index contributed by atoms with van der Waals surface area (Å²) in [6.07, 6.45) is -3.69. The second-order valence-corrected chi connectivity index (χ2v) is 9.20. The van der Waals surface area contributed by atoms with Gasteiger partial charge in [-0.25, -0.2) is 4.79 Å². The van der Waals surface area contributed by atoms with Gasteiger partial charge in [0.15, 0.2) is 0 Å².